The maximum Gasteiger partial charge on any atom is 0.252 e. The molecule has 1 amide bonds. The Morgan fingerprint density at radius 3 is 2.85 bits per heavy atom. The number of hydrogen-bond donors (Lipinski definition) is 3. The smallest absolute Gasteiger partial charge is 0.252 e. The predicted molar refractivity (Wildman–Crippen MR) is 108 cm³/mol. The van der Waals surface area contributed by atoms with Gasteiger partial charge in [-0.15, -0.1) is 11.3 Å². The van der Waals surface area contributed by atoms with Crippen LogP contribution in [0.5, 0.6) is 0 Å². The molecule has 2 heterocycles. The van der Waals surface area contributed by atoms with Crippen LogP contribution in [-0.4, -0.2) is 21.5 Å². The number of aromatic nitrogens is 1. The maximum absolute atomic E-state index is 12.4. The molecule has 6 nitrogen and oxygen atoms in total. The van der Waals surface area contributed by atoms with Crippen molar-refractivity contribution in [1.29, 1.82) is 0 Å². The van der Waals surface area contributed by atoms with Crippen LogP contribution in [0, 0.1) is 5.92 Å². The monoisotopic (exact) mass is 382 g/mol. The SMILES string of the molecule is NC(N)=NC(=O)C1CCc2c(n(Cc3cccs3)c3cccc(CO)c23)C1. The molecule has 1 atom stereocenters. The van der Waals surface area contributed by atoms with E-state index in [9.17, 15) is 9.90 Å². The molecule has 7 heteroatoms. The molecule has 0 fully saturated rings. The van der Waals surface area contributed by atoms with E-state index in [4.69, 9.17) is 11.5 Å². The first kappa shape index (κ1) is 17.8. The van der Waals surface area contributed by atoms with Gasteiger partial charge in [-0.1, -0.05) is 18.2 Å². The molecule has 0 spiro atoms. The summed E-state index contributed by atoms with van der Waals surface area (Å²) in [5.74, 6) is -0.660. The van der Waals surface area contributed by atoms with Crippen molar-refractivity contribution >= 4 is 34.1 Å². The van der Waals surface area contributed by atoms with Gasteiger partial charge < -0.3 is 21.1 Å². The van der Waals surface area contributed by atoms with Crippen molar-refractivity contribution in [3.8, 4) is 0 Å². The molecule has 0 saturated heterocycles. The van der Waals surface area contributed by atoms with Crippen LogP contribution in [0.25, 0.3) is 10.9 Å². The van der Waals surface area contributed by atoms with Crippen molar-refractivity contribution in [1.82, 2.24) is 4.57 Å². The van der Waals surface area contributed by atoms with Gasteiger partial charge >= 0.3 is 0 Å². The number of aliphatic hydroxyl groups excluding tert-OH is 1. The van der Waals surface area contributed by atoms with Crippen LogP contribution in [0.4, 0.5) is 0 Å². The number of hydrogen-bond acceptors (Lipinski definition) is 3. The molecule has 27 heavy (non-hydrogen) atoms. The number of aliphatic imine (C=N–C) groups is 1. The summed E-state index contributed by atoms with van der Waals surface area (Å²) in [4.78, 5) is 17.4. The molecule has 0 radical (unpaired) electrons. The van der Waals surface area contributed by atoms with Gasteiger partial charge in [-0.25, -0.2) is 0 Å². The van der Waals surface area contributed by atoms with E-state index in [0.717, 1.165) is 35.1 Å². The summed E-state index contributed by atoms with van der Waals surface area (Å²) >= 11 is 1.71. The molecular weight excluding hydrogens is 360 g/mol. The van der Waals surface area contributed by atoms with E-state index >= 15 is 0 Å². The van der Waals surface area contributed by atoms with Gasteiger partial charge in [0.25, 0.3) is 5.91 Å². The highest BCUT2D eigenvalue weighted by molar-refractivity contribution is 7.09. The Labute approximate surface area is 161 Å². The molecule has 0 bridgehead atoms. The second-order valence-electron chi connectivity index (χ2n) is 6.87. The molecule has 1 aliphatic rings. The number of nitrogens with two attached hydrogens (primary N) is 2. The van der Waals surface area contributed by atoms with E-state index in [1.54, 1.807) is 11.3 Å². The summed E-state index contributed by atoms with van der Waals surface area (Å²) in [7, 11) is 0. The maximum atomic E-state index is 12.4. The lowest BCUT2D eigenvalue weighted by Gasteiger charge is -2.22. The van der Waals surface area contributed by atoms with Crippen molar-refractivity contribution in [2.75, 3.05) is 0 Å². The first-order chi connectivity index (χ1) is 13.1. The van der Waals surface area contributed by atoms with Gasteiger partial charge in [-0.2, -0.15) is 4.99 Å². The predicted octanol–water partition coefficient (Wildman–Crippen LogP) is 2.15. The minimum Gasteiger partial charge on any atom is -0.392 e. The summed E-state index contributed by atoms with van der Waals surface area (Å²) < 4.78 is 2.28. The van der Waals surface area contributed by atoms with Crippen LogP contribution >= 0.6 is 11.3 Å². The lowest BCUT2D eigenvalue weighted by atomic mass is 9.85. The number of guanidine groups is 1. The third-order valence-corrected chi connectivity index (χ3v) is 6.09. The minimum atomic E-state index is -0.254. The molecule has 4 rings (SSSR count). The Balaban J connectivity index is 1.83. The van der Waals surface area contributed by atoms with Crippen LogP contribution in [0.1, 0.15) is 28.1 Å². The van der Waals surface area contributed by atoms with Gasteiger partial charge in [0, 0.05) is 27.4 Å². The van der Waals surface area contributed by atoms with Crippen molar-refractivity contribution in [2.45, 2.75) is 32.4 Å². The fraction of sp³-hybridized carbons (Fsp3) is 0.300. The molecule has 1 unspecified atom stereocenters. The van der Waals surface area contributed by atoms with E-state index in [1.165, 1.54) is 10.4 Å². The van der Waals surface area contributed by atoms with Gasteiger partial charge in [-0.3, -0.25) is 4.79 Å². The molecule has 1 aromatic carbocycles. The Bertz CT molecular complexity index is 1020. The Hall–Kier alpha value is -2.64. The lowest BCUT2D eigenvalue weighted by Crippen LogP contribution is -2.29. The third kappa shape index (κ3) is 3.24. The molecule has 140 valence electrons. The molecule has 0 aliphatic heterocycles. The number of carbonyl (C=O) groups excluding carboxylic acids is 1. The van der Waals surface area contributed by atoms with Gasteiger partial charge in [0.15, 0.2) is 5.96 Å². The number of benzene rings is 1. The van der Waals surface area contributed by atoms with E-state index in [-0.39, 0.29) is 24.4 Å². The Kier molecular flexibility index (Phi) is 4.72. The van der Waals surface area contributed by atoms with Gasteiger partial charge in [0.05, 0.1) is 13.2 Å². The topological polar surface area (TPSA) is 107 Å². The average Bonchev–Trinajstić information content (AvgIpc) is 3.28. The second-order valence-corrected chi connectivity index (χ2v) is 7.91. The molecule has 5 N–H and O–H groups in total. The second kappa shape index (κ2) is 7.17. The van der Waals surface area contributed by atoms with E-state index in [2.05, 4.69) is 27.1 Å². The summed E-state index contributed by atoms with van der Waals surface area (Å²) in [6, 6.07) is 10.2. The molecule has 1 aliphatic carbocycles. The third-order valence-electron chi connectivity index (χ3n) is 5.23. The average molecular weight is 382 g/mol. The van der Waals surface area contributed by atoms with E-state index < -0.39 is 0 Å². The summed E-state index contributed by atoms with van der Waals surface area (Å²) in [5.41, 5.74) is 15.2. The zero-order chi connectivity index (χ0) is 19.0. The number of carbonyl (C=O) groups is 1. The van der Waals surface area contributed by atoms with Crippen LogP contribution in [0.2, 0.25) is 0 Å². The Morgan fingerprint density at radius 2 is 2.15 bits per heavy atom. The fourth-order valence-electron chi connectivity index (χ4n) is 4.07. The van der Waals surface area contributed by atoms with Gasteiger partial charge in [0.1, 0.15) is 0 Å². The van der Waals surface area contributed by atoms with Crippen molar-refractivity contribution in [2.24, 2.45) is 22.4 Å². The number of fused-ring (bicyclic) bond motifs is 3. The number of aryl methyl sites for hydroxylation is 1. The van der Waals surface area contributed by atoms with E-state index in [0.29, 0.717) is 12.8 Å². The zero-order valence-electron chi connectivity index (χ0n) is 14.9. The Morgan fingerprint density at radius 1 is 1.30 bits per heavy atom. The van der Waals surface area contributed by atoms with Crippen molar-refractivity contribution < 1.29 is 9.90 Å². The van der Waals surface area contributed by atoms with Crippen molar-refractivity contribution in [3.63, 3.8) is 0 Å². The normalized spacial score (nSPS) is 16.3. The van der Waals surface area contributed by atoms with Crippen molar-refractivity contribution in [3.05, 3.63) is 57.4 Å². The lowest BCUT2D eigenvalue weighted by molar-refractivity contribution is -0.121. The van der Waals surface area contributed by atoms with Crippen LogP contribution in [-0.2, 0) is 30.8 Å². The molecule has 0 saturated carbocycles. The zero-order valence-corrected chi connectivity index (χ0v) is 15.7. The molecule has 3 aromatic rings. The fourth-order valence-corrected chi connectivity index (χ4v) is 4.76. The number of thiophene rings is 1. The quantitative estimate of drug-likeness (QED) is 0.475. The number of nitrogens with zero attached hydrogens (tertiary/aromatic N) is 2. The summed E-state index contributed by atoms with van der Waals surface area (Å²) in [6.07, 6.45) is 2.09. The largest absolute Gasteiger partial charge is 0.392 e. The molecule has 2 aromatic heterocycles. The first-order valence-electron chi connectivity index (χ1n) is 8.97. The number of rotatable bonds is 4. The van der Waals surface area contributed by atoms with E-state index in [1.807, 2.05) is 18.2 Å². The highest BCUT2D eigenvalue weighted by Gasteiger charge is 2.30. The molecular formula is C20H22N4O2S. The van der Waals surface area contributed by atoms with Gasteiger partial charge in [-0.05, 0) is 47.9 Å². The van der Waals surface area contributed by atoms with Crippen LogP contribution < -0.4 is 11.5 Å². The van der Waals surface area contributed by atoms with Crippen LogP contribution in [0.15, 0.2) is 40.7 Å². The number of aliphatic hydroxyl groups is 1. The highest BCUT2D eigenvalue weighted by Crippen LogP contribution is 2.37. The summed E-state index contributed by atoms with van der Waals surface area (Å²) in [6.45, 7) is 0.755. The van der Waals surface area contributed by atoms with Gasteiger partial charge in [0.2, 0.25) is 0 Å². The van der Waals surface area contributed by atoms with Crippen LogP contribution in [0.3, 0.4) is 0 Å². The first-order valence-corrected chi connectivity index (χ1v) is 9.85. The number of amides is 1. The standard InChI is InChI=1S/C20H22N4O2S/c21-20(22)23-19(26)12-6-7-15-17(9-12)24(10-14-4-2-8-27-14)16-5-1-3-13(11-25)18(15)16/h1-5,8,12,25H,6-7,9-11H2,(H4,21,22,23,26). The highest BCUT2D eigenvalue weighted by atomic mass is 32.1. The minimum absolute atomic E-state index is 0.00313. The summed E-state index contributed by atoms with van der Waals surface area (Å²) in [5, 5.41) is 13.0.